The summed E-state index contributed by atoms with van der Waals surface area (Å²) in [6.07, 6.45) is 1.50. The van der Waals surface area contributed by atoms with Crippen molar-refractivity contribution in [2.75, 3.05) is 11.9 Å². The number of rotatable bonds is 6. The fourth-order valence-electron chi connectivity index (χ4n) is 1.82. The van der Waals surface area contributed by atoms with Gasteiger partial charge in [0.25, 0.3) is 11.7 Å². The lowest BCUT2D eigenvalue weighted by atomic mass is 10.2. The Hall–Kier alpha value is -1.86. The average Bonchev–Trinajstić information content (AvgIpc) is 2.51. The molecule has 23 heavy (non-hydrogen) atoms. The largest absolute Gasteiger partial charge is 0.477 e. The van der Waals surface area contributed by atoms with E-state index in [1.807, 2.05) is 0 Å². The minimum Gasteiger partial charge on any atom is -0.477 e. The molecule has 0 atom stereocenters. The molecule has 122 valence electrons. The van der Waals surface area contributed by atoms with Crippen molar-refractivity contribution >= 4 is 35.0 Å². The molecule has 0 aliphatic carbocycles. The number of ether oxygens (including phenoxy) is 1. The number of pyridine rings is 1. The number of hydrogen-bond acceptors (Lipinski definition) is 4. The number of hydrogen-bond donors (Lipinski definition) is 1. The standard InChI is InChI=1S/C15H13ClF2N2O2S/c1-2-22-14-9(5-4-8-19-14)13(21)20-11-7-3-6-10(16)12(11)23-15(17)18/h3-8,15H,2H2,1H3,(H,20,21). The Balaban J connectivity index is 2.29. The van der Waals surface area contributed by atoms with Crippen molar-refractivity contribution in [3.8, 4) is 5.88 Å². The highest BCUT2D eigenvalue weighted by Gasteiger charge is 2.18. The molecule has 0 saturated heterocycles. The number of anilines is 1. The zero-order valence-corrected chi connectivity index (χ0v) is 13.6. The molecule has 0 spiro atoms. The van der Waals surface area contributed by atoms with Gasteiger partial charge in [0, 0.05) is 6.20 Å². The van der Waals surface area contributed by atoms with E-state index in [-0.39, 0.29) is 38.8 Å². The van der Waals surface area contributed by atoms with E-state index in [4.69, 9.17) is 16.3 Å². The molecule has 0 aliphatic rings. The first-order chi connectivity index (χ1) is 11.0. The van der Waals surface area contributed by atoms with Crippen molar-refractivity contribution in [3.05, 3.63) is 47.1 Å². The first kappa shape index (κ1) is 17.5. The van der Waals surface area contributed by atoms with Crippen LogP contribution in [0.5, 0.6) is 5.88 Å². The average molecular weight is 359 g/mol. The second-order valence-electron chi connectivity index (χ2n) is 4.24. The zero-order chi connectivity index (χ0) is 16.8. The highest BCUT2D eigenvalue weighted by atomic mass is 35.5. The molecule has 0 radical (unpaired) electrons. The van der Waals surface area contributed by atoms with Crippen LogP contribution in [0.25, 0.3) is 0 Å². The molecule has 4 nitrogen and oxygen atoms in total. The summed E-state index contributed by atoms with van der Waals surface area (Å²) in [4.78, 5) is 16.5. The molecule has 2 aromatic rings. The van der Waals surface area contributed by atoms with E-state index in [2.05, 4.69) is 10.3 Å². The van der Waals surface area contributed by atoms with Crippen LogP contribution in [0.15, 0.2) is 41.4 Å². The fourth-order valence-corrected chi connectivity index (χ4v) is 2.73. The molecule has 1 N–H and O–H groups in total. The fraction of sp³-hybridized carbons (Fsp3) is 0.200. The Morgan fingerprint density at radius 1 is 1.39 bits per heavy atom. The van der Waals surface area contributed by atoms with Gasteiger partial charge in [-0.25, -0.2) is 4.98 Å². The molecular formula is C15H13ClF2N2O2S. The Morgan fingerprint density at radius 3 is 2.87 bits per heavy atom. The zero-order valence-electron chi connectivity index (χ0n) is 12.1. The van der Waals surface area contributed by atoms with Crippen molar-refractivity contribution in [1.82, 2.24) is 4.98 Å². The third-order valence-electron chi connectivity index (χ3n) is 2.72. The maximum atomic E-state index is 12.7. The van der Waals surface area contributed by atoms with Crippen LogP contribution in [0.4, 0.5) is 14.5 Å². The maximum absolute atomic E-state index is 12.7. The lowest BCUT2D eigenvalue weighted by molar-refractivity contribution is 0.102. The summed E-state index contributed by atoms with van der Waals surface area (Å²) < 4.78 is 30.6. The van der Waals surface area contributed by atoms with Crippen LogP contribution in [-0.2, 0) is 0 Å². The van der Waals surface area contributed by atoms with E-state index in [0.717, 1.165) is 0 Å². The summed E-state index contributed by atoms with van der Waals surface area (Å²) >= 11 is 6.22. The summed E-state index contributed by atoms with van der Waals surface area (Å²) in [5, 5.41) is 2.72. The third kappa shape index (κ3) is 4.56. The number of benzene rings is 1. The van der Waals surface area contributed by atoms with Crippen molar-refractivity contribution < 1.29 is 18.3 Å². The Kier molecular flexibility index (Phi) is 6.18. The second kappa shape index (κ2) is 8.12. The second-order valence-corrected chi connectivity index (χ2v) is 5.65. The van der Waals surface area contributed by atoms with Crippen molar-refractivity contribution in [1.29, 1.82) is 0 Å². The summed E-state index contributed by atoms with van der Waals surface area (Å²) in [5.41, 5.74) is 0.418. The Labute approximate surface area is 141 Å². The first-order valence-corrected chi connectivity index (χ1v) is 7.91. The molecule has 1 heterocycles. The van der Waals surface area contributed by atoms with Crippen molar-refractivity contribution in [3.63, 3.8) is 0 Å². The number of carbonyl (C=O) groups is 1. The minimum atomic E-state index is -2.65. The van der Waals surface area contributed by atoms with E-state index in [0.29, 0.717) is 6.61 Å². The number of amides is 1. The minimum absolute atomic E-state index is 0.111. The van der Waals surface area contributed by atoms with E-state index in [1.54, 1.807) is 19.1 Å². The van der Waals surface area contributed by atoms with Gasteiger partial charge >= 0.3 is 0 Å². The van der Waals surface area contributed by atoms with Crippen LogP contribution in [0.1, 0.15) is 17.3 Å². The van der Waals surface area contributed by atoms with Gasteiger partial charge in [-0.15, -0.1) is 0 Å². The van der Waals surface area contributed by atoms with E-state index < -0.39 is 11.7 Å². The Bertz CT molecular complexity index is 701. The number of alkyl halides is 2. The van der Waals surface area contributed by atoms with Crippen molar-refractivity contribution in [2.24, 2.45) is 0 Å². The molecule has 1 amide bonds. The predicted octanol–water partition coefficient (Wildman–Crippen LogP) is 4.70. The summed E-state index contributed by atoms with van der Waals surface area (Å²) in [6, 6.07) is 7.69. The van der Waals surface area contributed by atoms with Gasteiger partial charge in [-0.2, -0.15) is 8.78 Å². The van der Waals surface area contributed by atoms with Crippen molar-refractivity contribution in [2.45, 2.75) is 17.6 Å². The highest BCUT2D eigenvalue weighted by molar-refractivity contribution is 7.99. The summed E-state index contributed by atoms with van der Waals surface area (Å²) in [7, 11) is 0. The lowest BCUT2D eigenvalue weighted by Crippen LogP contribution is -2.15. The van der Waals surface area contributed by atoms with Crippen LogP contribution in [0, 0.1) is 0 Å². The molecule has 1 aromatic heterocycles. The number of halogens is 3. The van der Waals surface area contributed by atoms with Crippen LogP contribution in [0.2, 0.25) is 5.02 Å². The normalized spacial score (nSPS) is 10.7. The van der Waals surface area contributed by atoms with Gasteiger partial charge in [0.05, 0.1) is 22.2 Å². The maximum Gasteiger partial charge on any atom is 0.289 e. The van der Waals surface area contributed by atoms with Gasteiger partial charge in [-0.3, -0.25) is 4.79 Å². The third-order valence-corrected chi connectivity index (χ3v) is 4.00. The van der Waals surface area contributed by atoms with E-state index >= 15 is 0 Å². The highest BCUT2D eigenvalue weighted by Crippen LogP contribution is 2.37. The Morgan fingerprint density at radius 2 is 2.17 bits per heavy atom. The van der Waals surface area contributed by atoms with Gasteiger partial charge in [0.2, 0.25) is 5.88 Å². The smallest absolute Gasteiger partial charge is 0.289 e. The SMILES string of the molecule is CCOc1ncccc1C(=O)Nc1cccc(Cl)c1SC(F)F. The number of carbonyl (C=O) groups excluding carboxylic acids is 1. The number of aromatic nitrogens is 1. The number of nitrogens with zero attached hydrogens (tertiary/aromatic N) is 1. The molecule has 0 bridgehead atoms. The molecule has 0 unspecified atom stereocenters. The molecule has 0 fully saturated rings. The molecule has 0 saturated carbocycles. The van der Waals surface area contributed by atoms with Gasteiger partial charge in [-0.05, 0) is 31.2 Å². The molecule has 1 aromatic carbocycles. The molecule has 0 aliphatic heterocycles. The van der Waals surface area contributed by atoms with E-state index in [9.17, 15) is 13.6 Å². The molecule has 8 heteroatoms. The quantitative estimate of drug-likeness (QED) is 0.760. The lowest BCUT2D eigenvalue weighted by Gasteiger charge is -2.13. The van der Waals surface area contributed by atoms with Gasteiger partial charge in [-0.1, -0.05) is 29.4 Å². The molecule has 2 rings (SSSR count). The number of thioether (sulfide) groups is 1. The van der Waals surface area contributed by atoms with Crippen LogP contribution in [-0.4, -0.2) is 23.3 Å². The monoisotopic (exact) mass is 358 g/mol. The van der Waals surface area contributed by atoms with Gasteiger partial charge < -0.3 is 10.1 Å². The molecular weight excluding hydrogens is 346 g/mol. The topological polar surface area (TPSA) is 51.2 Å². The summed E-state index contributed by atoms with van der Waals surface area (Å²) in [6.45, 7) is 2.12. The van der Waals surface area contributed by atoms with Crippen LogP contribution >= 0.6 is 23.4 Å². The van der Waals surface area contributed by atoms with Gasteiger partial charge in [0.1, 0.15) is 5.56 Å². The van der Waals surface area contributed by atoms with Crippen LogP contribution in [0.3, 0.4) is 0 Å². The first-order valence-electron chi connectivity index (χ1n) is 6.65. The number of nitrogens with one attached hydrogen (secondary N) is 1. The predicted molar refractivity (Wildman–Crippen MR) is 86.7 cm³/mol. The van der Waals surface area contributed by atoms with Gasteiger partial charge in [0.15, 0.2) is 0 Å². The van der Waals surface area contributed by atoms with Crippen LogP contribution < -0.4 is 10.1 Å². The van der Waals surface area contributed by atoms with E-state index in [1.165, 1.54) is 24.4 Å². The summed E-state index contributed by atoms with van der Waals surface area (Å²) in [5.74, 6) is -2.99.